The fourth-order valence-corrected chi connectivity index (χ4v) is 2.74. The Morgan fingerprint density at radius 3 is 2.69 bits per heavy atom. The lowest BCUT2D eigenvalue weighted by atomic mass is 9.98. The standard InChI is InChI=1S/C14H30N2/c1-4-6-11-16(5-2)13(3)12-14-9-7-8-10-15-14/h13-15H,4-12H2,1-3H3. The molecule has 1 N–H and O–H groups in total. The Hall–Kier alpha value is -0.0800. The van der Waals surface area contributed by atoms with Crippen LogP contribution in [0.5, 0.6) is 0 Å². The van der Waals surface area contributed by atoms with Crippen molar-refractivity contribution in [2.24, 2.45) is 0 Å². The van der Waals surface area contributed by atoms with Crippen molar-refractivity contribution >= 4 is 0 Å². The zero-order valence-electron chi connectivity index (χ0n) is 11.5. The quantitative estimate of drug-likeness (QED) is 0.718. The van der Waals surface area contributed by atoms with Gasteiger partial charge in [-0.1, -0.05) is 26.7 Å². The molecule has 0 aliphatic carbocycles. The number of nitrogens with one attached hydrogen (secondary N) is 1. The highest BCUT2D eigenvalue weighted by Gasteiger charge is 2.18. The summed E-state index contributed by atoms with van der Waals surface area (Å²) in [5, 5.41) is 3.66. The maximum Gasteiger partial charge on any atom is 0.00818 e. The molecule has 0 radical (unpaired) electrons. The first-order valence-corrected chi connectivity index (χ1v) is 7.25. The van der Waals surface area contributed by atoms with Crippen molar-refractivity contribution in [2.75, 3.05) is 19.6 Å². The molecule has 2 heteroatoms. The Morgan fingerprint density at radius 1 is 1.31 bits per heavy atom. The Bertz CT molecular complexity index is 164. The summed E-state index contributed by atoms with van der Waals surface area (Å²) in [6.45, 7) is 10.7. The van der Waals surface area contributed by atoms with Gasteiger partial charge in [0.2, 0.25) is 0 Å². The average molecular weight is 226 g/mol. The zero-order valence-corrected chi connectivity index (χ0v) is 11.5. The van der Waals surface area contributed by atoms with E-state index in [1.165, 1.54) is 58.2 Å². The molecule has 1 aliphatic heterocycles. The van der Waals surface area contributed by atoms with Crippen molar-refractivity contribution < 1.29 is 0 Å². The van der Waals surface area contributed by atoms with Crippen LogP contribution in [0.2, 0.25) is 0 Å². The second kappa shape index (κ2) is 8.08. The molecule has 0 bridgehead atoms. The summed E-state index contributed by atoms with van der Waals surface area (Å²) in [6.07, 6.45) is 8.16. The van der Waals surface area contributed by atoms with Crippen molar-refractivity contribution in [3.8, 4) is 0 Å². The Kier molecular flexibility index (Phi) is 7.06. The van der Waals surface area contributed by atoms with E-state index in [0.717, 1.165) is 12.1 Å². The Balaban J connectivity index is 2.26. The van der Waals surface area contributed by atoms with Crippen LogP contribution in [0.4, 0.5) is 0 Å². The minimum atomic E-state index is 0.743. The number of unbranched alkanes of at least 4 members (excludes halogenated alkanes) is 1. The van der Waals surface area contributed by atoms with Gasteiger partial charge in [-0.25, -0.2) is 0 Å². The van der Waals surface area contributed by atoms with Crippen LogP contribution < -0.4 is 5.32 Å². The third kappa shape index (κ3) is 4.84. The minimum Gasteiger partial charge on any atom is -0.314 e. The summed E-state index contributed by atoms with van der Waals surface area (Å²) in [5.74, 6) is 0. The molecular formula is C14H30N2. The fourth-order valence-electron chi connectivity index (χ4n) is 2.74. The van der Waals surface area contributed by atoms with Gasteiger partial charge >= 0.3 is 0 Å². The molecule has 0 aromatic heterocycles. The number of hydrogen-bond donors (Lipinski definition) is 1. The maximum absolute atomic E-state index is 3.66. The minimum absolute atomic E-state index is 0.743. The molecular weight excluding hydrogens is 196 g/mol. The molecule has 1 heterocycles. The summed E-state index contributed by atoms with van der Waals surface area (Å²) >= 11 is 0. The largest absolute Gasteiger partial charge is 0.314 e. The van der Waals surface area contributed by atoms with Crippen molar-refractivity contribution in [1.82, 2.24) is 10.2 Å². The molecule has 0 spiro atoms. The predicted octanol–water partition coefficient (Wildman–Crippen LogP) is 3.03. The molecule has 2 unspecified atom stereocenters. The first kappa shape index (κ1) is 14.0. The van der Waals surface area contributed by atoms with Crippen LogP contribution in [0.25, 0.3) is 0 Å². The van der Waals surface area contributed by atoms with E-state index in [9.17, 15) is 0 Å². The van der Waals surface area contributed by atoms with Gasteiger partial charge < -0.3 is 10.2 Å². The van der Waals surface area contributed by atoms with E-state index in [0.29, 0.717) is 0 Å². The summed E-state index contributed by atoms with van der Waals surface area (Å²) < 4.78 is 0. The number of piperidine rings is 1. The van der Waals surface area contributed by atoms with E-state index in [2.05, 4.69) is 31.0 Å². The van der Waals surface area contributed by atoms with Crippen LogP contribution in [0, 0.1) is 0 Å². The van der Waals surface area contributed by atoms with Gasteiger partial charge in [0, 0.05) is 12.1 Å². The van der Waals surface area contributed by atoms with Crippen LogP contribution in [0.1, 0.15) is 59.3 Å². The normalized spacial score (nSPS) is 23.6. The molecule has 0 aromatic rings. The third-order valence-corrected chi connectivity index (χ3v) is 3.87. The molecule has 0 aromatic carbocycles. The lowest BCUT2D eigenvalue weighted by Gasteiger charge is -2.32. The lowest BCUT2D eigenvalue weighted by Crippen LogP contribution is -2.42. The van der Waals surface area contributed by atoms with Gasteiger partial charge in [-0.05, 0) is 52.2 Å². The molecule has 1 aliphatic rings. The van der Waals surface area contributed by atoms with Crippen LogP contribution >= 0.6 is 0 Å². The van der Waals surface area contributed by atoms with E-state index in [-0.39, 0.29) is 0 Å². The molecule has 0 saturated carbocycles. The average Bonchev–Trinajstić information content (AvgIpc) is 2.31. The van der Waals surface area contributed by atoms with Gasteiger partial charge in [0.25, 0.3) is 0 Å². The van der Waals surface area contributed by atoms with Crippen LogP contribution in [-0.4, -0.2) is 36.6 Å². The monoisotopic (exact) mass is 226 g/mol. The molecule has 16 heavy (non-hydrogen) atoms. The van der Waals surface area contributed by atoms with Crippen molar-refractivity contribution in [3.05, 3.63) is 0 Å². The highest BCUT2D eigenvalue weighted by atomic mass is 15.1. The summed E-state index contributed by atoms with van der Waals surface area (Å²) in [5.41, 5.74) is 0. The molecule has 1 rings (SSSR count). The third-order valence-electron chi connectivity index (χ3n) is 3.87. The number of nitrogens with zero attached hydrogens (tertiary/aromatic N) is 1. The van der Waals surface area contributed by atoms with Crippen molar-refractivity contribution in [1.29, 1.82) is 0 Å². The predicted molar refractivity (Wildman–Crippen MR) is 71.9 cm³/mol. The highest BCUT2D eigenvalue weighted by Crippen LogP contribution is 2.15. The topological polar surface area (TPSA) is 15.3 Å². The Morgan fingerprint density at radius 2 is 2.12 bits per heavy atom. The van der Waals surface area contributed by atoms with E-state index < -0.39 is 0 Å². The lowest BCUT2D eigenvalue weighted by molar-refractivity contribution is 0.185. The molecule has 2 atom stereocenters. The SMILES string of the molecule is CCCCN(CC)C(C)CC1CCCCN1. The van der Waals surface area contributed by atoms with Crippen molar-refractivity contribution in [2.45, 2.75) is 71.4 Å². The van der Waals surface area contributed by atoms with Gasteiger partial charge in [-0.2, -0.15) is 0 Å². The van der Waals surface area contributed by atoms with E-state index in [1.807, 2.05) is 0 Å². The maximum atomic E-state index is 3.66. The van der Waals surface area contributed by atoms with Gasteiger partial charge in [0.05, 0.1) is 0 Å². The van der Waals surface area contributed by atoms with Gasteiger partial charge in [-0.15, -0.1) is 0 Å². The van der Waals surface area contributed by atoms with Gasteiger partial charge in [0.1, 0.15) is 0 Å². The molecule has 96 valence electrons. The summed E-state index contributed by atoms with van der Waals surface area (Å²) in [4.78, 5) is 2.64. The summed E-state index contributed by atoms with van der Waals surface area (Å²) in [7, 11) is 0. The zero-order chi connectivity index (χ0) is 11.8. The second-order valence-corrected chi connectivity index (χ2v) is 5.21. The van der Waals surface area contributed by atoms with E-state index in [1.54, 1.807) is 0 Å². The molecule has 1 fully saturated rings. The van der Waals surface area contributed by atoms with E-state index in [4.69, 9.17) is 0 Å². The van der Waals surface area contributed by atoms with E-state index >= 15 is 0 Å². The fraction of sp³-hybridized carbons (Fsp3) is 1.00. The number of rotatable bonds is 7. The van der Waals surface area contributed by atoms with Crippen LogP contribution in [0.15, 0.2) is 0 Å². The highest BCUT2D eigenvalue weighted by molar-refractivity contribution is 4.78. The first-order valence-electron chi connectivity index (χ1n) is 7.25. The molecule has 1 saturated heterocycles. The second-order valence-electron chi connectivity index (χ2n) is 5.21. The molecule has 0 amide bonds. The molecule has 2 nitrogen and oxygen atoms in total. The smallest absolute Gasteiger partial charge is 0.00818 e. The van der Waals surface area contributed by atoms with Crippen LogP contribution in [0.3, 0.4) is 0 Å². The number of hydrogen-bond acceptors (Lipinski definition) is 2. The Labute approximate surface area is 102 Å². The van der Waals surface area contributed by atoms with Crippen molar-refractivity contribution in [3.63, 3.8) is 0 Å². The first-order chi connectivity index (χ1) is 7.77. The summed E-state index contributed by atoms with van der Waals surface area (Å²) in [6, 6.07) is 1.52. The van der Waals surface area contributed by atoms with Crippen LogP contribution in [-0.2, 0) is 0 Å². The van der Waals surface area contributed by atoms with Gasteiger partial charge in [-0.3, -0.25) is 0 Å². The van der Waals surface area contributed by atoms with Gasteiger partial charge in [0.15, 0.2) is 0 Å².